The Hall–Kier alpha value is -1.71. The number of benzene rings is 2. The summed E-state index contributed by atoms with van der Waals surface area (Å²) in [5, 5.41) is 13.2. The van der Waals surface area contributed by atoms with E-state index in [1.54, 1.807) is 18.2 Å². The Morgan fingerprint density at radius 2 is 1.84 bits per heavy atom. The predicted molar refractivity (Wildman–Crippen MR) is 77.3 cm³/mol. The summed E-state index contributed by atoms with van der Waals surface area (Å²) < 4.78 is 0. The van der Waals surface area contributed by atoms with Crippen molar-refractivity contribution in [1.29, 1.82) is 0 Å². The predicted octanol–water partition coefficient (Wildman–Crippen LogP) is 4.26. The van der Waals surface area contributed by atoms with Crippen LogP contribution in [0.3, 0.4) is 0 Å². The fourth-order valence-electron chi connectivity index (χ4n) is 1.70. The summed E-state index contributed by atoms with van der Waals surface area (Å²) in [6.07, 6.45) is 0. The van der Waals surface area contributed by atoms with Gasteiger partial charge in [-0.05, 0) is 48.9 Å². The number of aryl methyl sites for hydroxylation is 1. The number of aromatic hydroxyl groups is 1. The lowest BCUT2D eigenvalue weighted by atomic mass is 10.1. The Bertz CT molecular complexity index is 621. The lowest BCUT2D eigenvalue weighted by Gasteiger charge is -2.08. The summed E-state index contributed by atoms with van der Waals surface area (Å²) in [6, 6.07) is 9.49. The Labute approximate surface area is 120 Å². The maximum absolute atomic E-state index is 12.0. The first-order chi connectivity index (χ1) is 8.95. The number of carbonyl (C=O) groups is 1. The summed E-state index contributed by atoms with van der Waals surface area (Å²) in [5.74, 6) is -0.567. The van der Waals surface area contributed by atoms with E-state index in [1.165, 1.54) is 18.2 Å². The lowest BCUT2D eigenvalue weighted by Crippen LogP contribution is -2.12. The molecule has 0 heterocycles. The Balaban J connectivity index is 2.28. The zero-order valence-electron chi connectivity index (χ0n) is 10.1. The van der Waals surface area contributed by atoms with Gasteiger partial charge in [-0.25, -0.2) is 0 Å². The molecular weight excluding hydrogens is 285 g/mol. The van der Waals surface area contributed by atoms with Crippen molar-refractivity contribution < 1.29 is 9.90 Å². The molecule has 0 saturated carbocycles. The van der Waals surface area contributed by atoms with Crippen molar-refractivity contribution in [3.63, 3.8) is 0 Å². The Kier molecular flexibility index (Phi) is 3.98. The molecule has 5 heteroatoms. The third-order valence-electron chi connectivity index (χ3n) is 2.50. The molecule has 0 aliphatic carbocycles. The number of rotatable bonds is 2. The fraction of sp³-hybridized carbons (Fsp3) is 0.0714. The molecule has 0 unspecified atom stereocenters. The minimum atomic E-state index is -0.443. The van der Waals surface area contributed by atoms with Crippen LogP contribution in [0, 0.1) is 6.92 Å². The molecule has 0 atom stereocenters. The molecule has 2 rings (SSSR count). The molecule has 2 aromatic carbocycles. The second-order valence-electron chi connectivity index (χ2n) is 4.13. The molecular formula is C14H11Cl2NO2. The zero-order chi connectivity index (χ0) is 14.0. The van der Waals surface area contributed by atoms with Gasteiger partial charge in [0, 0.05) is 15.7 Å². The van der Waals surface area contributed by atoms with Crippen LogP contribution in [0.15, 0.2) is 36.4 Å². The molecule has 0 aliphatic rings. The van der Waals surface area contributed by atoms with Crippen LogP contribution >= 0.6 is 23.2 Å². The van der Waals surface area contributed by atoms with E-state index in [0.29, 0.717) is 15.7 Å². The number of carbonyl (C=O) groups excluding carboxylic acids is 1. The second kappa shape index (κ2) is 5.51. The van der Waals surface area contributed by atoms with E-state index in [9.17, 15) is 9.90 Å². The number of amides is 1. The third kappa shape index (κ3) is 3.40. The van der Waals surface area contributed by atoms with Gasteiger partial charge in [0.25, 0.3) is 5.91 Å². The van der Waals surface area contributed by atoms with E-state index in [4.69, 9.17) is 23.2 Å². The van der Waals surface area contributed by atoms with E-state index >= 15 is 0 Å². The van der Waals surface area contributed by atoms with Gasteiger partial charge in [0.05, 0.1) is 5.56 Å². The van der Waals surface area contributed by atoms with Crippen LogP contribution in [0.4, 0.5) is 5.69 Å². The molecule has 1 amide bonds. The topological polar surface area (TPSA) is 49.3 Å². The summed E-state index contributed by atoms with van der Waals surface area (Å²) in [7, 11) is 0. The van der Waals surface area contributed by atoms with Gasteiger partial charge in [-0.15, -0.1) is 0 Å². The average molecular weight is 296 g/mol. The summed E-state index contributed by atoms with van der Waals surface area (Å²) in [5.41, 5.74) is 1.61. The van der Waals surface area contributed by atoms with E-state index in [2.05, 4.69) is 5.32 Å². The van der Waals surface area contributed by atoms with E-state index in [1.807, 2.05) is 6.92 Å². The fourth-order valence-corrected chi connectivity index (χ4v) is 2.16. The number of halogens is 2. The van der Waals surface area contributed by atoms with Gasteiger partial charge in [-0.1, -0.05) is 23.2 Å². The van der Waals surface area contributed by atoms with Crippen molar-refractivity contribution in [1.82, 2.24) is 0 Å². The van der Waals surface area contributed by atoms with Crippen LogP contribution in [0.25, 0.3) is 0 Å². The molecule has 3 nitrogen and oxygen atoms in total. The Morgan fingerprint density at radius 1 is 1.11 bits per heavy atom. The molecule has 0 spiro atoms. The van der Waals surface area contributed by atoms with Crippen molar-refractivity contribution in [2.75, 3.05) is 5.32 Å². The van der Waals surface area contributed by atoms with Crippen molar-refractivity contribution in [3.05, 3.63) is 57.6 Å². The van der Waals surface area contributed by atoms with E-state index < -0.39 is 5.91 Å². The number of anilines is 1. The lowest BCUT2D eigenvalue weighted by molar-refractivity contribution is 0.102. The van der Waals surface area contributed by atoms with Crippen LogP contribution in [0.5, 0.6) is 5.75 Å². The summed E-state index contributed by atoms with van der Waals surface area (Å²) >= 11 is 11.7. The maximum Gasteiger partial charge on any atom is 0.259 e. The van der Waals surface area contributed by atoms with Crippen LogP contribution in [0.2, 0.25) is 10.0 Å². The van der Waals surface area contributed by atoms with Crippen LogP contribution < -0.4 is 5.32 Å². The first-order valence-corrected chi connectivity index (χ1v) is 6.28. The molecule has 0 aliphatic heterocycles. The molecule has 0 fully saturated rings. The quantitative estimate of drug-likeness (QED) is 0.870. The van der Waals surface area contributed by atoms with Gasteiger partial charge < -0.3 is 10.4 Å². The molecule has 98 valence electrons. The zero-order valence-corrected chi connectivity index (χ0v) is 11.6. The Morgan fingerprint density at radius 3 is 2.53 bits per heavy atom. The second-order valence-corrected chi connectivity index (χ2v) is 5.01. The number of phenols is 1. The average Bonchev–Trinajstić information content (AvgIpc) is 2.30. The molecule has 0 aromatic heterocycles. The molecule has 2 aromatic rings. The van der Waals surface area contributed by atoms with E-state index in [-0.39, 0.29) is 11.3 Å². The van der Waals surface area contributed by atoms with Crippen molar-refractivity contribution >= 4 is 34.8 Å². The standard InChI is InChI=1S/C14H11Cl2NO2/c1-8-4-10(16)6-11(5-8)17-14(19)12-7-9(15)2-3-13(12)18/h2-7,18H,1H3,(H,17,19). The van der Waals surface area contributed by atoms with Crippen molar-refractivity contribution in [2.24, 2.45) is 0 Å². The smallest absolute Gasteiger partial charge is 0.259 e. The summed E-state index contributed by atoms with van der Waals surface area (Å²) in [4.78, 5) is 12.0. The van der Waals surface area contributed by atoms with Crippen LogP contribution in [-0.2, 0) is 0 Å². The van der Waals surface area contributed by atoms with E-state index in [0.717, 1.165) is 5.56 Å². The first-order valence-electron chi connectivity index (χ1n) is 5.53. The molecule has 0 bridgehead atoms. The third-order valence-corrected chi connectivity index (χ3v) is 2.96. The minimum Gasteiger partial charge on any atom is -0.507 e. The highest BCUT2D eigenvalue weighted by Crippen LogP contribution is 2.24. The number of hydrogen-bond acceptors (Lipinski definition) is 2. The van der Waals surface area contributed by atoms with Crippen LogP contribution in [-0.4, -0.2) is 11.0 Å². The van der Waals surface area contributed by atoms with Gasteiger partial charge in [-0.3, -0.25) is 4.79 Å². The monoisotopic (exact) mass is 295 g/mol. The highest BCUT2D eigenvalue weighted by molar-refractivity contribution is 6.31. The molecule has 2 N–H and O–H groups in total. The summed E-state index contributed by atoms with van der Waals surface area (Å²) in [6.45, 7) is 1.87. The highest BCUT2D eigenvalue weighted by Gasteiger charge is 2.12. The van der Waals surface area contributed by atoms with Crippen molar-refractivity contribution in [3.8, 4) is 5.75 Å². The van der Waals surface area contributed by atoms with Gasteiger partial charge >= 0.3 is 0 Å². The molecule has 0 saturated heterocycles. The minimum absolute atomic E-state index is 0.116. The highest BCUT2D eigenvalue weighted by atomic mass is 35.5. The van der Waals surface area contributed by atoms with Crippen molar-refractivity contribution in [2.45, 2.75) is 6.92 Å². The normalized spacial score (nSPS) is 10.3. The number of phenolic OH excluding ortho intramolecular Hbond substituents is 1. The number of hydrogen-bond donors (Lipinski definition) is 2. The van der Waals surface area contributed by atoms with Gasteiger partial charge in [-0.2, -0.15) is 0 Å². The van der Waals surface area contributed by atoms with Gasteiger partial charge in [0.2, 0.25) is 0 Å². The van der Waals surface area contributed by atoms with Gasteiger partial charge in [0.1, 0.15) is 5.75 Å². The number of nitrogens with one attached hydrogen (secondary N) is 1. The molecule has 19 heavy (non-hydrogen) atoms. The maximum atomic E-state index is 12.0. The first kappa shape index (κ1) is 13.7. The van der Waals surface area contributed by atoms with Gasteiger partial charge in [0.15, 0.2) is 0 Å². The largest absolute Gasteiger partial charge is 0.507 e. The SMILES string of the molecule is Cc1cc(Cl)cc(NC(=O)c2cc(Cl)ccc2O)c1. The van der Waals surface area contributed by atoms with Crippen LogP contribution in [0.1, 0.15) is 15.9 Å². The molecule has 0 radical (unpaired) electrons.